The molecule has 1 aromatic carbocycles. The summed E-state index contributed by atoms with van der Waals surface area (Å²) in [6.07, 6.45) is -1.21. The molecule has 0 aliphatic heterocycles. The summed E-state index contributed by atoms with van der Waals surface area (Å²) in [5.74, 6) is -1.85. The van der Waals surface area contributed by atoms with Crippen molar-refractivity contribution in [3.63, 3.8) is 0 Å². The van der Waals surface area contributed by atoms with Crippen LogP contribution in [0.1, 0.15) is 5.56 Å². The Balaban J connectivity index is 2.73. The van der Waals surface area contributed by atoms with Gasteiger partial charge in [-0.3, -0.25) is 4.79 Å². The lowest BCUT2D eigenvalue weighted by atomic mass is 10.2. The average Bonchev–Trinajstić information content (AvgIpc) is 2.25. The van der Waals surface area contributed by atoms with Gasteiger partial charge in [0.1, 0.15) is 0 Å². The van der Waals surface area contributed by atoms with Crippen LogP contribution < -0.4 is 0 Å². The molecule has 86 valence electrons. The maximum absolute atomic E-state index is 11.9. The van der Waals surface area contributed by atoms with Gasteiger partial charge in [0.25, 0.3) is 5.78 Å². The molecule has 0 unspecified atom stereocenters. The van der Waals surface area contributed by atoms with E-state index in [4.69, 9.17) is 0 Å². The molecule has 1 nitrogen and oxygen atoms in total. The van der Waals surface area contributed by atoms with Crippen molar-refractivity contribution >= 4 is 23.6 Å². The smallest absolute Gasteiger partial charge is 0.285 e. The number of ketones is 1. The molecule has 1 aromatic rings. The first kappa shape index (κ1) is 12.8. The lowest BCUT2D eigenvalue weighted by molar-refractivity contribution is -0.165. The fourth-order valence-electron chi connectivity index (χ4n) is 0.981. The van der Waals surface area contributed by atoms with Gasteiger partial charge >= 0.3 is 6.18 Å². The third-order valence-electron chi connectivity index (χ3n) is 1.82. The van der Waals surface area contributed by atoms with Crippen LogP contribution in [-0.2, 0) is 4.79 Å². The summed E-state index contributed by atoms with van der Waals surface area (Å²) in [5, 5.41) is 0. The minimum Gasteiger partial charge on any atom is -0.285 e. The summed E-state index contributed by atoms with van der Waals surface area (Å²) in [4.78, 5) is 11.6. The number of rotatable bonds is 3. The van der Waals surface area contributed by atoms with Crippen molar-refractivity contribution in [1.82, 2.24) is 0 Å². The zero-order chi connectivity index (χ0) is 12.2. The van der Waals surface area contributed by atoms with Crippen molar-refractivity contribution in [2.75, 3.05) is 6.26 Å². The molecule has 0 bridgehead atoms. The zero-order valence-electron chi connectivity index (χ0n) is 8.41. The van der Waals surface area contributed by atoms with Gasteiger partial charge in [0.15, 0.2) is 0 Å². The van der Waals surface area contributed by atoms with E-state index in [0.717, 1.165) is 11.0 Å². The summed E-state index contributed by atoms with van der Waals surface area (Å²) in [7, 11) is 0. The molecule has 0 heterocycles. The van der Waals surface area contributed by atoms with Crippen molar-refractivity contribution in [2.24, 2.45) is 0 Å². The number of halogens is 3. The van der Waals surface area contributed by atoms with E-state index in [1.165, 1.54) is 11.8 Å². The molecule has 0 saturated carbocycles. The molecule has 5 heteroatoms. The highest BCUT2D eigenvalue weighted by molar-refractivity contribution is 7.98. The van der Waals surface area contributed by atoms with Crippen LogP contribution in [-0.4, -0.2) is 18.2 Å². The number of allylic oxidation sites excluding steroid dienone is 1. The van der Waals surface area contributed by atoms with Gasteiger partial charge in [0.2, 0.25) is 0 Å². The van der Waals surface area contributed by atoms with E-state index in [0.29, 0.717) is 11.6 Å². The van der Waals surface area contributed by atoms with Crippen LogP contribution in [0.25, 0.3) is 6.08 Å². The fourth-order valence-corrected chi connectivity index (χ4v) is 1.39. The molecule has 0 saturated heterocycles. The summed E-state index contributed by atoms with van der Waals surface area (Å²) in [5.41, 5.74) is 0.565. The Morgan fingerprint density at radius 1 is 1.25 bits per heavy atom. The van der Waals surface area contributed by atoms with Crippen LogP contribution in [0.2, 0.25) is 0 Å². The number of benzene rings is 1. The molecule has 16 heavy (non-hydrogen) atoms. The number of carbonyl (C=O) groups excluding carboxylic acids is 1. The van der Waals surface area contributed by atoms with Crippen LogP contribution >= 0.6 is 11.8 Å². The van der Waals surface area contributed by atoms with E-state index in [1.807, 2.05) is 6.26 Å². The number of carbonyl (C=O) groups is 1. The zero-order valence-corrected chi connectivity index (χ0v) is 9.23. The van der Waals surface area contributed by atoms with E-state index in [2.05, 4.69) is 0 Å². The molecule has 0 aliphatic rings. The third-order valence-corrected chi connectivity index (χ3v) is 2.57. The van der Waals surface area contributed by atoms with E-state index in [-0.39, 0.29) is 0 Å². The second-order valence-corrected chi connectivity index (χ2v) is 3.85. The fraction of sp³-hybridized carbons (Fsp3) is 0.182. The third kappa shape index (κ3) is 3.73. The second kappa shape index (κ2) is 5.21. The van der Waals surface area contributed by atoms with Gasteiger partial charge in [-0.15, -0.1) is 11.8 Å². The summed E-state index contributed by atoms with van der Waals surface area (Å²) >= 11 is 1.54. The normalized spacial score (nSPS) is 12.0. The highest BCUT2D eigenvalue weighted by Gasteiger charge is 2.35. The highest BCUT2D eigenvalue weighted by atomic mass is 32.2. The minimum absolute atomic E-state index is 0.536. The Hall–Kier alpha value is -1.23. The molecule has 0 radical (unpaired) electrons. The molecule has 0 atom stereocenters. The first-order valence-corrected chi connectivity index (χ1v) is 5.59. The SMILES string of the molecule is CSc1ccc(/C=C/C(=O)C(F)(F)F)cc1. The predicted molar refractivity (Wildman–Crippen MR) is 58.3 cm³/mol. The van der Waals surface area contributed by atoms with E-state index in [1.54, 1.807) is 24.3 Å². The van der Waals surface area contributed by atoms with Crippen molar-refractivity contribution in [3.05, 3.63) is 35.9 Å². The molecule has 0 amide bonds. The average molecular weight is 246 g/mol. The number of alkyl halides is 3. The van der Waals surface area contributed by atoms with Gasteiger partial charge in [-0.25, -0.2) is 0 Å². The highest BCUT2D eigenvalue weighted by Crippen LogP contribution is 2.18. The van der Waals surface area contributed by atoms with Crippen molar-refractivity contribution in [3.8, 4) is 0 Å². The first-order valence-electron chi connectivity index (χ1n) is 4.37. The van der Waals surface area contributed by atoms with Crippen molar-refractivity contribution < 1.29 is 18.0 Å². The molecule has 0 spiro atoms. The second-order valence-electron chi connectivity index (χ2n) is 2.97. The van der Waals surface area contributed by atoms with Crippen LogP contribution in [0.15, 0.2) is 35.2 Å². The van der Waals surface area contributed by atoms with Gasteiger partial charge in [0.05, 0.1) is 0 Å². The maximum atomic E-state index is 11.9. The molecule has 0 N–H and O–H groups in total. The van der Waals surface area contributed by atoms with Crippen LogP contribution in [0.4, 0.5) is 13.2 Å². The van der Waals surface area contributed by atoms with Gasteiger partial charge < -0.3 is 0 Å². The number of thioether (sulfide) groups is 1. The topological polar surface area (TPSA) is 17.1 Å². The van der Waals surface area contributed by atoms with Crippen LogP contribution in [0.3, 0.4) is 0 Å². The lowest BCUT2D eigenvalue weighted by Crippen LogP contribution is -2.19. The largest absolute Gasteiger partial charge is 0.454 e. The Labute approximate surface area is 95.3 Å². The minimum atomic E-state index is -4.80. The molecule has 0 fully saturated rings. The lowest BCUT2D eigenvalue weighted by Gasteiger charge is -2.00. The molecular formula is C11H9F3OS. The monoisotopic (exact) mass is 246 g/mol. The first-order chi connectivity index (χ1) is 7.43. The molecule has 1 rings (SSSR count). The number of hydrogen-bond donors (Lipinski definition) is 0. The Morgan fingerprint density at radius 3 is 2.25 bits per heavy atom. The standard InChI is InChI=1S/C11H9F3OS/c1-16-9-5-2-8(3-6-9)4-7-10(15)11(12,13)14/h2-7H,1H3/b7-4+. The van der Waals surface area contributed by atoms with Gasteiger partial charge in [0, 0.05) is 4.90 Å². The van der Waals surface area contributed by atoms with Gasteiger partial charge in [-0.2, -0.15) is 13.2 Å². The van der Waals surface area contributed by atoms with E-state index < -0.39 is 12.0 Å². The van der Waals surface area contributed by atoms with Crippen LogP contribution in [0.5, 0.6) is 0 Å². The Kier molecular flexibility index (Phi) is 4.18. The van der Waals surface area contributed by atoms with Gasteiger partial charge in [-0.1, -0.05) is 18.2 Å². The van der Waals surface area contributed by atoms with Crippen molar-refractivity contribution in [1.29, 1.82) is 0 Å². The Bertz CT molecular complexity index is 393. The van der Waals surface area contributed by atoms with Crippen molar-refractivity contribution in [2.45, 2.75) is 11.1 Å². The molecular weight excluding hydrogens is 237 g/mol. The maximum Gasteiger partial charge on any atom is 0.454 e. The molecule has 0 aromatic heterocycles. The summed E-state index contributed by atoms with van der Waals surface area (Å²) in [6.45, 7) is 0. The Morgan fingerprint density at radius 2 is 1.81 bits per heavy atom. The predicted octanol–water partition coefficient (Wildman–Crippen LogP) is 3.55. The quantitative estimate of drug-likeness (QED) is 0.599. The van der Waals surface area contributed by atoms with E-state index >= 15 is 0 Å². The van der Waals surface area contributed by atoms with Gasteiger partial charge in [-0.05, 0) is 30.0 Å². The number of hydrogen-bond acceptors (Lipinski definition) is 2. The van der Waals surface area contributed by atoms with E-state index in [9.17, 15) is 18.0 Å². The molecule has 0 aliphatic carbocycles. The van der Waals surface area contributed by atoms with Crippen LogP contribution in [0, 0.1) is 0 Å². The summed E-state index contributed by atoms with van der Waals surface area (Å²) < 4.78 is 35.6. The summed E-state index contributed by atoms with van der Waals surface area (Å²) in [6, 6.07) is 6.88.